The molecule has 0 saturated carbocycles. The normalized spacial score (nSPS) is 11.4. The van der Waals surface area contributed by atoms with E-state index >= 15 is 0 Å². The molecular weight excluding hydrogens is 456 g/mol. The number of hydrogen-bond donors (Lipinski definition) is 0. The Bertz CT molecular complexity index is 1070. The molecule has 0 aliphatic carbocycles. The van der Waals surface area contributed by atoms with Crippen LogP contribution in [0.5, 0.6) is 17.5 Å². The Morgan fingerprint density at radius 1 is 0.933 bits per heavy atom. The SMILES string of the molecule is Fc1ccc(Oc2ncc(CCOc3nc(Cl)ncc3Cl)cc2F)cc1C(F)(F)F. The number of halogens is 7. The minimum Gasteiger partial charge on any atom is -0.476 e. The highest BCUT2D eigenvalue weighted by Gasteiger charge is 2.34. The lowest BCUT2D eigenvalue weighted by molar-refractivity contribution is -0.140. The van der Waals surface area contributed by atoms with E-state index < -0.39 is 35.0 Å². The summed E-state index contributed by atoms with van der Waals surface area (Å²) in [6.07, 6.45) is -2.20. The Hall–Kier alpha value is -2.72. The first-order chi connectivity index (χ1) is 14.1. The van der Waals surface area contributed by atoms with Crippen LogP contribution in [0.15, 0.2) is 36.7 Å². The largest absolute Gasteiger partial charge is 0.476 e. The molecule has 0 aliphatic heterocycles. The van der Waals surface area contributed by atoms with Crippen molar-refractivity contribution in [3.05, 3.63) is 69.7 Å². The maximum atomic E-state index is 14.2. The van der Waals surface area contributed by atoms with Crippen molar-refractivity contribution in [3.8, 4) is 17.5 Å². The second-order valence-electron chi connectivity index (χ2n) is 5.76. The van der Waals surface area contributed by atoms with Crippen molar-refractivity contribution in [2.75, 3.05) is 6.61 Å². The minimum atomic E-state index is -4.92. The quantitative estimate of drug-likeness (QED) is 0.335. The molecule has 0 fully saturated rings. The monoisotopic (exact) mass is 465 g/mol. The average Bonchev–Trinajstić information content (AvgIpc) is 2.67. The molecule has 0 radical (unpaired) electrons. The zero-order chi connectivity index (χ0) is 21.9. The molecule has 0 aliphatic rings. The maximum absolute atomic E-state index is 14.2. The Morgan fingerprint density at radius 2 is 1.70 bits per heavy atom. The van der Waals surface area contributed by atoms with E-state index in [1.54, 1.807) is 0 Å². The summed E-state index contributed by atoms with van der Waals surface area (Å²) >= 11 is 11.5. The van der Waals surface area contributed by atoms with Gasteiger partial charge in [0.2, 0.25) is 11.2 Å². The van der Waals surface area contributed by atoms with Crippen LogP contribution in [0.2, 0.25) is 10.3 Å². The predicted molar refractivity (Wildman–Crippen MR) is 96.9 cm³/mol. The first kappa shape index (κ1) is 22.0. The minimum absolute atomic E-state index is 0.0568. The number of ether oxygens (including phenoxy) is 2. The van der Waals surface area contributed by atoms with Crippen LogP contribution in [0, 0.1) is 11.6 Å². The molecule has 2 heterocycles. The van der Waals surface area contributed by atoms with E-state index in [-0.39, 0.29) is 29.2 Å². The number of rotatable bonds is 6. The summed E-state index contributed by atoms with van der Waals surface area (Å²) in [5, 5.41) is 0.0862. The second kappa shape index (κ2) is 8.97. The van der Waals surface area contributed by atoms with Crippen molar-refractivity contribution in [2.24, 2.45) is 0 Å². The number of hydrogen-bond acceptors (Lipinski definition) is 5. The van der Waals surface area contributed by atoms with Gasteiger partial charge in [-0.15, -0.1) is 0 Å². The summed E-state index contributed by atoms with van der Waals surface area (Å²) in [6, 6.07) is 3.01. The highest BCUT2D eigenvalue weighted by molar-refractivity contribution is 6.32. The van der Waals surface area contributed by atoms with Gasteiger partial charge in [0.15, 0.2) is 5.82 Å². The van der Waals surface area contributed by atoms with Crippen LogP contribution in [0.25, 0.3) is 0 Å². The third-order valence-electron chi connectivity index (χ3n) is 3.63. The van der Waals surface area contributed by atoms with Crippen LogP contribution in [-0.4, -0.2) is 21.6 Å². The maximum Gasteiger partial charge on any atom is 0.419 e. The number of benzene rings is 1. The molecule has 3 rings (SSSR count). The van der Waals surface area contributed by atoms with Gasteiger partial charge in [-0.25, -0.2) is 18.7 Å². The molecule has 3 aromatic rings. The fourth-order valence-electron chi connectivity index (χ4n) is 2.27. The molecule has 5 nitrogen and oxygen atoms in total. The molecule has 0 saturated heterocycles. The van der Waals surface area contributed by atoms with Crippen molar-refractivity contribution in [1.29, 1.82) is 0 Å². The van der Waals surface area contributed by atoms with Gasteiger partial charge in [0, 0.05) is 12.6 Å². The van der Waals surface area contributed by atoms with Crippen molar-refractivity contribution in [1.82, 2.24) is 15.0 Å². The smallest absolute Gasteiger partial charge is 0.419 e. The number of nitrogens with zero attached hydrogens (tertiary/aromatic N) is 3. The molecule has 2 aromatic heterocycles. The first-order valence-corrected chi connectivity index (χ1v) is 8.89. The Kier molecular flexibility index (Phi) is 6.57. The van der Waals surface area contributed by atoms with E-state index in [0.717, 1.165) is 12.1 Å². The van der Waals surface area contributed by atoms with Gasteiger partial charge in [0.05, 0.1) is 18.4 Å². The lowest BCUT2D eigenvalue weighted by Gasteiger charge is -2.11. The van der Waals surface area contributed by atoms with Crippen molar-refractivity contribution in [2.45, 2.75) is 12.6 Å². The summed E-state index contributed by atoms with van der Waals surface area (Å²) < 4.78 is 76.2. The number of aromatic nitrogens is 3. The number of alkyl halides is 3. The summed E-state index contributed by atoms with van der Waals surface area (Å²) in [4.78, 5) is 11.2. The molecular formula is C18H10Cl2F5N3O2. The second-order valence-corrected chi connectivity index (χ2v) is 6.51. The first-order valence-electron chi connectivity index (χ1n) is 8.13. The third kappa shape index (κ3) is 5.45. The number of pyridine rings is 1. The van der Waals surface area contributed by atoms with Gasteiger partial charge >= 0.3 is 6.18 Å². The van der Waals surface area contributed by atoms with Crippen LogP contribution in [0.1, 0.15) is 11.1 Å². The lowest BCUT2D eigenvalue weighted by Crippen LogP contribution is -2.08. The van der Waals surface area contributed by atoms with E-state index in [0.29, 0.717) is 17.7 Å². The fraction of sp³-hybridized carbons (Fsp3) is 0.167. The topological polar surface area (TPSA) is 57.1 Å². The summed E-state index contributed by atoms with van der Waals surface area (Å²) in [6.45, 7) is 0.0568. The van der Waals surface area contributed by atoms with Crippen LogP contribution >= 0.6 is 23.2 Å². The standard InChI is InChI=1S/C18H10Cl2F5N3O2/c19-12-8-27-17(20)28-15(12)29-4-3-9-5-14(22)16(26-7-9)30-10-1-2-13(21)11(6-10)18(23,24)25/h1-2,5-8H,3-4H2. The Balaban J connectivity index is 1.66. The van der Waals surface area contributed by atoms with Crippen LogP contribution in [0.3, 0.4) is 0 Å². The molecule has 0 spiro atoms. The van der Waals surface area contributed by atoms with Gasteiger partial charge in [-0.3, -0.25) is 0 Å². The highest BCUT2D eigenvalue weighted by atomic mass is 35.5. The molecule has 158 valence electrons. The molecule has 30 heavy (non-hydrogen) atoms. The van der Waals surface area contributed by atoms with Gasteiger partial charge in [-0.05, 0) is 41.4 Å². The Morgan fingerprint density at radius 3 is 2.40 bits per heavy atom. The zero-order valence-electron chi connectivity index (χ0n) is 14.7. The average molecular weight is 466 g/mol. The van der Waals surface area contributed by atoms with Crippen LogP contribution in [-0.2, 0) is 12.6 Å². The van der Waals surface area contributed by atoms with E-state index in [9.17, 15) is 22.0 Å². The molecule has 0 bridgehead atoms. The van der Waals surface area contributed by atoms with Gasteiger partial charge in [0.25, 0.3) is 5.88 Å². The van der Waals surface area contributed by atoms with E-state index in [2.05, 4.69) is 15.0 Å². The van der Waals surface area contributed by atoms with Crippen molar-refractivity contribution >= 4 is 23.2 Å². The molecule has 0 unspecified atom stereocenters. The molecule has 0 amide bonds. The van der Waals surface area contributed by atoms with E-state index in [1.807, 2.05) is 0 Å². The van der Waals surface area contributed by atoms with E-state index in [4.69, 9.17) is 32.7 Å². The van der Waals surface area contributed by atoms with Gasteiger partial charge in [-0.1, -0.05) is 11.6 Å². The lowest BCUT2D eigenvalue weighted by atomic mass is 10.2. The highest BCUT2D eigenvalue weighted by Crippen LogP contribution is 2.35. The molecule has 0 N–H and O–H groups in total. The third-order valence-corrected chi connectivity index (χ3v) is 4.08. The van der Waals surface area contributed by atoms with Crippen molar-refractivity contribution < 1.29 is 31.4 Å². The van der Waals surface area contributed by atoms with E-state index in [1.165, 1.54) is 12.4 Å². The van der Waals surface area contributed by atoms with Crippen LogP contribution < -0.4 is 9.47 Å². The molecule has 12 heteroatoms. The van der Waals surface area contributed by atoms with Gasteiger partial charge in [0.1, 0.15) is 16.6 Å². The molecule has 1 aromatic carbocycles. The Labute approximate surface area is 176 Å². The summed E-state index contributed by atoms with van der Waals surface area (Å²) in [5.74, 6) is -3.31. The molecule has 0 atom stereocenters. The zero-order valence-corrected chi connectivity index (χ0v) is 16.2. The summed E-state index contributed by atoms with van der Waals surface area (Å²) in [5.41, 5.74) is -1.12. The van der Waals surface area contributed by atoms with Gasteiger partial charge < -0.3 is 9.47 Å². The predicted octanol–water partition coefficient (Wildman–Crippen LogP) is 5.89. The van der Waals surface area contributed by atoms with Crippen molar-refractivity contribution in [3.63, 3.8) is 0 Å². The van der Waals surface area contributed by atoms with Crippen LogP contribution in [0.4, 0.5) is 22.0 Å². The summed E-state index contributed by atoms with van der Waals surface area (Å²) in [7, 11) is 0. The van der Waals surface area contributed by atoms with Gasteiger partial charge in [-0.2, -0.15) is 18.2 Å². The fourth-order valence-corrected chi connectivity index (χ4v) is 2.54.